The topological polar surface area (TPSA) is 47.7 Å². The highest BCUT2D eigenvalue weighted by Gasteiger charge is 2.16. The van der Waals surface area contributed by atoms with Gasteiger partial charge in [-0.05, 0) is 37.6 Å². The fraction of sp³-hybridized carbons (Fsp3) is 0.647. The van der Waals surface area contributed by atoms with Gasteiger partial charge < -0.3 is 15.2 Å². The molecule has 0 aliphatic heterocycles. The van der Waals surface area contributed by atoms with Crippen LogP contribution in [0.25, 0.3) is 0 Å². The van der Waals surface area contributed by atoms with Gasteiger partial charge in [0.1, 0.15) is 5.75 Å². The molecule has 0 aromatic heterocycles. The number of hydrogen-bond acceptors (Lipinski definition) is 4. The van der Waals surface area contributed by atoms with E-state index in [9.17, 15) is 0 Å². The lowest BCUT2D eigenvalue weighted by molar-refractivity contribution is 0.0986. The third-order valence-electron chi connectivity index (χ3n) is 3.65. The molecular formula is C17H30N2O2. The molecule has 2 N–H and O–H groups in total. The average molecular weight is 294 g/mol. The second-order valence-corrected chi connectivity index (χ2v) is 5.42. The van der Waals surface area contributed by atoms with Crippen molar-refractivity contribution in [2.75, 3.05) is 33.4 Å². The summed E-state index contributed by atoms with van der Waals surface area (Å²) >= 11 is 0. The van der Waals surface area contributed by atoms with Crippen molar-refractivity contribution >= 4 is 0 Å². The van der Waals surface area contributed by atoms with Crippen LogP contribution in [-0.4, -0.2) is 44.4 Å². The van der Waals surface area contributed by atoms with E-state index in [0.29, 0.717) is 6.04 Å². The normalized spacial score (nSPS) is 14.2. The maximum absolute atomic E-state index is 6.33. The van der Waals surface area contributed by atoms with Gasteiger partial charge in [-0.1, -0.05) is 26.0 Å². The van der Waals surface area contributed by atoms with Crippen molar-refractivity contribution in [1.29, 1.82) is 0 Å². The average Bonchev–Trinajstić information content (AvgIpc) is 2.51. The number of rotatable bonds is 10. The van der Waals surface area contributed by atoms with Gasteiger partial charge in [-0.3, -0.25) is 4.90 Å². The van der Waals surface area contributed by atoms with Gasteiger partial charge in [0, 0.05) is 25.7 Å². The molecule has 0 saturated heterocycles. The van der Waals surface area contributed by atoms with E-state index in [1.165, 1.54) is 0 Å². The lowest BCUT2D eigenvalue weighted by atomic mass is 10.1. The summed E-state index contributed by atoms with van der Waals surface area (Å²) in [5, 5.41) is 0. The van der Waals surface area contributed by atoms with Crippen LogP contribution in [-0.2, 0) is 4.74 Å². The van der Waals surface area contributed by atoms with Crippen LogP contribution in [0.3, 0.4) is 0 Å². The SMILES string of the molecule is CCCOc1ccc(C(N)CN(CC)C(C)COC)cc1. The Hall–Kier alpha value is -1.10. The largest absolute Gasteiger partial charge is 0.494 e. The van der Waals surface area contributed by atoms with Gasteiger partial charge in [-0.15, -0.1) is 0 Å². The fourth-order valence-corrected chi connectivity index (χ4v) is 2.36. The van der Waals surface area contributed by atoms with Crippen molar-refractivity contribution in [3.05, 3.63) is 29.8 Å². The van der Waals surface area contributed by atoms with Crippen LogP contribution in [0.15, 0.2) is 24.3 Å². The Kier molecular flexibility index (Phi) is 8.35. The molecule has 4 heteroatoms. The molecule has 2 unspecified atom stereocenters. The van der Waals surface area contributed by atoms with E-state index in [0.717, 1.165) is 44.0 Å². The smallest absolute Gasteiger partial charge is 0.119 e. The van der Waals surface area contributed by atoms with Crippen molar-refractivity contribution in [2.45, 2.75) is 39.3 Å². The standard InChI is InChI=1S/C17H30N2O2/c1-5-11-21-16-9-7-15(8-10-16)17(18)12-19(6-2)14(3)13-20-4/h7-10,14,17H,5-6,11-13,18H2,1-4H3. The highest BCUT2D eigenvalue weighted by molar-refractivity contribution is 5.29. The van der Waals surface area contributed by atoms with Crippen LogP contribution in [0.1, 0.15) is 38.8 Å². The quantitative estimate of drug-likeness (QED) is 0.721. The van der Waals surface area contributed by atoms with Gasteiger partial charge in [0.05, 0.1) is 13.2 Å². The van der Waals surface area contributed by atoms with Crippen LogP contribution in [0, 0.1) is 0 Å². The second-order valence-electron chi connectivity index (χ2n) is 5.42. The Morgan fingerprint density at radius 2 is 1.86 bits per heavy atom. The molecule has 120 valence electrons. The molecule has 1 aromatic rings. The molecular weight excluding hydrogens is 264 g/mol. The van der Waals surface area contributed by atoms with E-state index in [2.05, 4.69) is 37.8 Å². The van der Waals surface area contributed by atoms with E-state index in [1.54, 1.807) is 7.11 Å². The van der Waals surface area contributed by atoms with Crippen LogP contribution >= 0.6 is 0 Å². The molecule has 0 aliphatic carbocycles. The Bertz CT molecular complexity index is 381. The minimum atomic E-state index is 0.00415. The zero-order valence-electron chi connectivity index (χ0n) is 13.8. The molecule has 1 rings (SSSR count). The third-order valence-corrected chi connectivity index (χ3v) is 3.65. The minimum Gasteiger partial charge on any atom is -0.494 e. The highest BCUT2D eigenvalue weighted by Crippen LogP contribution is 2.18. The molecule has 1 aromatic carbocycles. The Morgan fingerprint density at radius 1 is 1.19 bits per heavy atom. The second kappa shape index (κ2) is 9.77. The summed E-state index contributed by atoms with van der Waals surface area (Å²) in [5.74, 6) is 0.910. The monoisotopic (exact) mass is 294 g/mol. The van der Waals surface area contributed by atoms with E-state index in [4.69, 9.17) is 15.2 Å². The zero-order valence-corrected chi connectivity index (χ0v) is 13.8. The first kappa shape index (κ1) is 18.0. The van der Waals surface area contributed by atoms with Gasteiger partial charge in [-0.25, -0.2) is 0 Å². The Labute approximate surface area is 129 Å². The lowest BCUT2D eigenvalue weighted by Gasteiger charge is -2.30. The number of methoxy groups -OCH3 is 1. The van der Waals surface area contributed by atoms with E-state index in [-0.39, 0.29) is 6.04 Å². The number of benzene rings is 1. The molecule has 0 saturated carbocycles. The van der Waals surface area contributed by atoms with E-state index < -0.39 is 0 Å². The fourth-order valence-electron chi connectivity index (χ4n) is 2.36. The van der Waals surface area contributed by atoms with E-state index in [1.807, 2.05) is 12.1 Å². The van der Waals surface area contributed by atoms with Crippen molar-refractivity contribution < 1.29 is 9.47 Å². The molecule has 21 heavy (non-hydrogen) atoms. The maximum Gasteiger partial charge on any atom is 0.119 e. The number of ether oxygens (including phenoxy) is 2. The molecule has 0 heterocycles. The molecule has 0 radical (unpaired) electrons. The maximum atomic E-state index is 6.33. The first-order chi connectivity index (χ1) is 10.1. The summed E-state index contributed by atoms with van der Waals surface area (Å²) < 4.78 is 10.8. The molecule has 0 bridgehead atoms. The van der Waals surface area contributed by atoms with Crippen LogP contribution in [0.2, 0.25) is 0 Å². The van der Waals surface area contributed by atoms with Crippen molar-refractivity contribution in [2.24, 2.45) is 5.73 Å². The molecule has 4 nitrogen and oxygen atoms in total. The zero-order chi connectivity index (χ0) is 15.7. The predicted octanol–water partition coefficient (Wildman–Crippen LogP) is 2.83. The van der Waals surface area contributed by atoms with Crippen LogP contribution < -0.4 is 10.5 Å². The lowest BCUT2D eigenvalue weighted by Crippen LogP contribution is -2.40. The van der Waals surface area contributed by atoms with Crippen LogP contribution in [0.4, 0.5) is 0 Å². The summed E-state index contributed by atoms with van der Waals surface area (Å²) in [6.07, 6.45) is 1.02. The summed E-state index contributed by atoms with van der Waals surface area (Å²) in [7, 11) is 1.74. The van der Waals surface area contributed by atoms with Crippen LogP contribution in [0.5, 0.6) is 5.75 Å². The summed E-state index contributed by atoms with van der Waals surface area (Å²) in [5.41, 5.74) is 7.47. The van der Waals surface area contributed by atoms with E-state index >= 15 is 0 Å². The third kappa shape index (κ3) is 6.04. The first-order valence-electron chi connectivity index (χ1n) is 7.83. The van der Waals surface area contributed by atoms with Gasteiger partial charge in [0.2, 0.25) is 0 Å². The molecule has 0 amide bonds. The Morgan fingerprint density at radius 3 is 2.38 bits per heavy atom. The molecule has 0 aliphatic rings. The Balaban J connectivity index is 2.59. The van der Waals surface area contributed by atoms with Gasteiger partial charge in [-0.2, -0.15) is 0 Å². The molecule has 0 spiro atoms. The number of nitrogens with two attached hydrogens (primary N) is 1. The number of hydrogen-bond donors (Lipinski definition) is 1. The van der Waals surface area contributed by atoms with Gasteiger partial charge in [0.25, 0.3) is 0 Å². The molecule has 2 atom stereocenters. The summed E-state index contributed by atoms with van der Waals surface area (Å²) in [6.45, 7) is 9.70. The van der Waals surface area contributed by atoms with Gasteiger partial charge in [0.15, 0.2) is 0 Å². The van der Waals surface area contributed by atoms with Crippen molar-refractivity contribution in [3.63, 3.8) is 0 Å². The molecule has 0 fully saturated rings. The van der Waals surface area contributed by atoms with Gasteiger partial charge >= 0.3 is 0 Å². The first-order valence-corrected chi connectivity index (χ1v) is 7.83. The highest BCUT2D eigenvalue weighted by atomic mass is 16.5. The number of likely N-dealkylation sites (N-methyl/N-ethyl adjacent to an activating group) is 1. The van der Waals surface area contributed by atoms with Crippen molar-refractivity contribution in [3.8, 4) is 5.75 Å². The summed E-state index contributed by atoms with van der Waals surface area (Å²) in [6, 6.07) is 8.50. The number of nitrogens with zero attached hydrogens (tertiary/aromatic N) is 1. The minimum absolute atomic E-state index is 0.00415. The predicted molar refractivity (Wildman–Crippen MR) is 87.7 cm³/mol. The van der Waals surface area contributed by atoms with Crippen molar-refractivity contribution in [1.82, 2.24) is 4.90 Å². The summed E-state index contributed by atoms with van der Waals surface area (Å²) in [4.78, 5) is 2.34.